The van der Waals surface area contributed by atoms with Crippen LogP contribution in [0.1, 0.15) is 31.2 Å². The Labute approximate surface area is 111 Å². The molecule has 3 heteroatoms. The van der Waals surface area contributed by atoms with E-state index in [4.69, 9.17) is 11.6 Å². The van der Waals surface area contributed by atoms with Gasteiger partial charge < -0.3 is 4.90 Å². The Hall–Kier alpha value is -0.210. The molecule has 0 bridgehead atoms. The molecule has 1 nitrogen and oxygen atoms in total. The topological polar surface area (TPSA) is 3.24 Å². The maximum atomic E-state index is 6.22. The average Bonchev–Trinajstić information content (AvgIpc) is 2.81. The summed E-state index contributed by atoms with van der Waals surface area (Å²) in [6.07, 6.45) is 5.34. The molecule has 0 saturated heterocycles. The van der Waals surface area contributed by atoms with Crippen LogP contribution in [0, 0.1) is 0 Å². The molecule has 0 aliphatic heterocycles. The van der Waals surface area contributed by atoms with Gasteiger partial charge in [0.05, 0.1) is 0 Å². The Kier molecular flexibility index (Phi) is 4.15. The van der Waals surface area contributed by atoms with Crippen molar-refractivity contribution in [2.75, 3.05) is 11.9 Å². The van der Waals surface area contributed by atoms with Crippen molar-refractivity contribution in [1.29, 1.82) is 0 Å². The van der Waals surface area contributed by atoms with Crippen LogP contribution in [-0.2, 0) is 5.33 Å². The van der Waals surface area contributed by atoms with Gasteiger partial charge in [0.1, 0.15) is 0 Å². The Balaban J connectivity index is 2.27. The van der Waals surface area contributed by atoms with E-state index in [-0.39, 0.29) is 0 Å². The molecule has 88 valence electrons. The molecule has 1 aromatic carbocycles. The van der Waals surface area contributed by atoms with E-state index in [1.54, 1.807) is 0 Å². The Morgan fingerprint density at radius 2 is 2.06 bits per heavy atom. The normalized spacial score (nSPS) is 16.7. The summed E-state index contributed by atoms with van der Waals surface area (Å²) in [5.41, 5.74) is 2.48. The van der Waals surface area contributed by atoms with Crippen LogP contribution in [0.2, 0.25) is 5.02 Å². The first kappa shape index (κ1) is 12.3. The number of alkyl halides is 1. The number of rotatable bonds is 3. The minimum atomic E-state index is 0.691. The van der Waals surface area contributed by atoms with Gasteiger partial charge in [0, 0.05) is 34.7 Å². The van der Waals surface area contributed by atoms with Crippen LogP contribution >= 0.6 is 27.5 Å². The van der Waals surface area contributed by atoms with Crippen molar-refractivity contribution in [1.82, 2.24) is 0 Å². The fraction of sp³-hybridized carbons (Fsp3) is 0.538. The summed E-state index contributed by atoms with van der Waals surface area (Å²) in [4.78, 5) is 2.40. The molecule has 0 radical (unpaired) electrons. The first-order valence-corrected chi connectivity index (χ1v) is 7.30. The van der Waals surface area contributed by atoms with Crippen LogP contribution in [-0.4, -0.2) is 13.1 Å². The molecule has 1 fully saturated rings. The van der Waals surface area contributed by atoms with Gasteiger partial charge in [-0.05, 0) is 25.0 Å². The molecule has 1 aliphatic carbocycles. The van der Waals surface area contributed by atoms with Crippen LogP contribution in [0.4, 0.5) is 5.69 Å². The van der Waals surface area contributed by atoms with Crippen LogP contribution < -0.4 is 4.90 Å². The molecule has 0 aromatic heterocycles. The van der Waals surface area contributed by atoms with Crippen LogP contribution in [0.5, 0.6) is 0 Å². The third-order valence-electron chi connectivity index (χ3n) is 3.48. The van der Waals surface area contributed by atoms with E-state index in [1.807, 2.05) is 12.1 Å². The first-order chi connectivity index (χ1) is 7.74. The van der Waals surface area contributed by atoms with Crippen molar-refractivity contribution in [2.24, 2.45) is 0 Å². The smallest absolute Gasteiger partial charge is 0.0467 e. The lowest BCUT2D eigenvalue weighted by Crippen LogP contribution is -2.29. The first-order valence-electron chi connectivity index (χ1n) is 5.80. The van der Waals surface area contributed by atoms with Crippen molar-refractivity contribution < 1.29 is 0 Å². The van der Waals surface area contributed by atoms with E-state index < -0.39 is 0 Å². The monoisotopic (exact) mass is 301 g/mol. The van der Waals surface area contributed by atoms with Gasteiger partial charge in [0.2, 0.25) is 0 Å². The summed E-state index contributed by atoms with van der Waals surface area (Å²) in [5, 5.41) is 1.68. The predicted octanol–water partition coefficient (Wildman–Crippen LogP) is 4.61. The molecule has 2 rings (SSSR count). The van der Waals surface area contributed by atoms with Gasteiger partial charge >= 0.3 is 0 Å². The Morgan fingerprint density at radius 3 is 2.69 bits per heavy atom. The molecule has 0 amide bonds. The zero-order valence-electron chi connectivity index (χ0n) is 9.55. The molecule has 1 aromatic rings. The van der Waals surface area contributed by atoms with Crippen molar-refractivity contribution in [3.8, 4) is 0 Å². The molecule has 1 aliphatic rings. The van der Waals surface area contributed by atoms with Gasteiger partial charge in [0.15, 0.2) is 0 Å². The van der Waals surface area contributed by atoms with Crippen molar-refractivity contribution in [2.45, 2.75) is 37.1 Å². The van der Waals surface area contributed by atoms with Crippen LogP contribution in [0.25, 0.3) is 0 Å². The van der Waals surface area contributed by atoms with Crippen LogP contribution in [0.3, 0.4) is 0 Å². The highest BCUT2D eigenvalue weighted by molar-refractivity contribution is 9.08. The van der Waals surface area contributed by atoms with Crippen LogP contribution in [0.15, 0.2) is 18.2 Å². The summed E-state index contributed by atoms with van der Waals surface area (Å²) in [7, 11) is 2.19. The van der Waals surface area contributed by atoms with Gasteiger partial charge in [-0.3, -0.25) is 0 Å². The number of hydrogen-bond acceptors (Lipinski definition) is 1. The van der Waals surface area contributed by atoms with Gasteiger partial charge in [0.25, 0.3) is 0 Å². The van der Waals surface area contributed by atoms with E-state index in [0.29, 0.717) is 6.04 Å². The molecule has 0 atom stereocenters. The Bertz CT molecular complexity index is 361. The highest BCUT2D eigenvalue weighted by atomic mass is 79.9. The van der Waals surface area contributed by atoms with E-state index in [2.05, 4.69) is 33.9 Å². The van der Waals surface area contributed by atoms with Crippen molar-refractivity contribution in [3.63, 3.8) is 0 Å². The van der Waals surface area contributed by atoms with Gasteiger partial charge in [-0.15, -0.1) is 0 Å². The number of anilines is 1. The lowest BCUT2D eigenvalue weighted by molar-refractivity contribution is 0.652. The second-order valence-corrected chi connectivity index (χ2v) is 5.39. The largest absolute Gasteiger partial charge is 0.371 e. The zero-order chi connectivity index (χ0) is 11.5. The summed E-state index contributed by atoms with van der Waals surface area (Å²) < 4.78 is 0. The quantitative estimate of drug-likeness (QED) is 0.737. The summed E-state index contributed by atoms with van der Waals surface area (Å²) in [5.74, 6) is 0. The molecule has 0 N–H and O–H groups in total. The molecule has 0 spiro atoms. The fourth-order valence-electron chi connectivity index (χ4n) is 2.50. The highest BCUT2D eigenvalue weighted by Crippen LogP contribution is 2.33. The predicted molar refractivity (Wildman–Crippen MR) is 74.7 cm³/mol. The van der Waals surface area contributed by atoms with Gasteiger partial charge in [-0.25, -0.2) is 0 Å². The third kappa shape index (κ3) is 2.38. The molecule has 16 heavy (non-hydrogen) atoms. The van der Waals surface area contributed by atoms with E-state index in [9.17, 15) is 0 Å². The third-order valence-corrected chi connectivity index (χ3v) is 4.40. The van der Waals surface area contributed by atoms with E-state index in [0.717, 1.165) is 10.4 Å². The molecular weight excluding hydrogens is 286 g/mol. The second kappa shape index (κ2) is 5.42. The van der Waals surface area contributed by atoms with Gasteiger partial charge in [-0.2, -0.15) is 0 Å². The minimum Gasteiger partial charge on any atom is -0.371 e. The SMILES string of the molecule is CN(c1cccc(Cl)c1CBr)C1CCCC1. The maximum Gasteiger partial charge on any atom is 0.0467 e. The lowest BCUT2D eigenvalue weighted by atomic mass is 10.1. The Morgan fingerprint density at radius 1 is 1.38 bits per heavy atom. The number of halogens is 2. The molecule has 0 unspecified atom stereocenters. The minimum absolute atomic E-state index is 0.691. The van der Waals surface area contributed by atoms with Gasteiger partial charge in [-0.1, -0.05) is 46.4 Å². The number of nitrogens with zero attached hydrogens (tertiary/aromatic N) is 1. The number of benzene rings is 1. The summed E-state index contributed by atoms with van der Waals surface area (Å²) >= 11 is 9.75. The van der Waals surface area contributed by atoms with E-state index >= 15 is 0 Å². The molecule has 1 saturated carbocycles. The maximum absolute atomic E-state index is 6.22. The van der Waals surface area contributed by atoms with E-state index in [1.165, 1.54) is 36.9 Å². The fourth-order valence-corrected chi connectivity index (χ4v) is 3.49. The zero-order valence-corrected chi connectivity index (χ0v) is 11.9. The van der Waals surface area contributed by atoms with Crippen molar-refractivity contribution in [3.05, 3.63) is 28.8 Å². The molecular formula is C13H17BrClN. The summed E-state index contributed by atoms with van der Waals surface area (Å²) in [6, 6.07) is 6.86. The highest BCUT2D eigenvalue weighted by Gasteiger charge is 2.21. The summed E-state index contributed by atoms with van der Waals surface area (Å²) in [6.45, 7) is 0. The molecule has 0 heterocycles. The van der Waals surface area contributed by atoms with Crippen molar-refractivity contribution >= 4 is 33.2 Å². The average molecular weight is 303 g/mol. The number of hydrogen-bond donors (Lipinski definition) is 0. The standard InChI is InChI=1S/C13H17BrClN/c1-16(10-5-2-3-6-10)13-8-4-7-12(15)11(13)9-14/h4,7-8,10H,2-3,5-6,9H2,1H3. The lowest BCUT2D eigenvalue weighted by Gasteiger charge is -2.28. The second-order valence-electron chi connectivity index (χ2n) is 4.42.